The van der Waals surface area contributed by atoms with Crippen LogP contribution in [-0.4, -0.2) is 22.6 Å². The van der Waals surface area contributed by atoms with E-state index in [0.717, 1.165) is 34.3 Å². The fraction of sp³-hybridized carbons (Fsp3) is 0.211. The second-order valence-corrected chi connectivity index (χ2v) is 6.01. The molecule has 1 fully saturated rings. The molecule has 114 valence electrons. The minimum absolute atomic E-state index is 0.134. The highest BCUT2D eigenvalue weighted by Gasteiger charge is 2.22. The lowest BCUT2D eigenvalue weighted by atomic mass is 9.95. The van der Waals surface area contributed by atoms with Crippen LogP contribution >= 0.6 is 0 Å². The number of aromatic nitrogens is 2. The van der Waals surface area contributed by atoms with E-state index in [1.54, 1.807) is 0 Å². The molecule has 0 bridgehead atoms. The predicted molar refractivity (Wildman–Crippen MR) is 90.1 cm³/mol. The summed E-state index contributed by atoms with van der Waals surface area (Å²) >= 11 is 0. The summed E-state index contributed by atoms with van der Waals surface area (Å²) in [5.41, 5.74) is 4.08. The first-order chi connectivity index (χ1) is 11.2. The molecule has 1 aliphatic heterocycles. The molecule has 1 aliphatic rings. The van der Waals surface area contributed by atoms with Crippen molar-refractivity contribution in [2.45, 2.75) is 19.3 Å². The van der Waals surface area contributed by atoms with Gasteiger partial charge in [0, 0.05) is 35.2 Å². The van der Waals surface area contributed by atoms with Gasteiger partial charge in [0.2, 0.25) is 5.91 Å². The molecule has 4 heteroatoms. The summed E-state index contributed by atoms with van der Waals surface area (Å²) in [7, 11) is 0. The van der Waals surface area contributed by atoms with Crippen molar-refractivity contribution < 1.29 is 4.79 Å². The van der Waals surface area contributed by atoms with Crippen LogP contribution in [0.2, 0.25) is 0 Å². The van der Waals surface area contributed by atoms with Crippen molar-refractivity contribution in [3.63, 3.8) is 0 Å². The molecule has 0 saturated carbocycles. The molecule has 1 N–H and O–H groups in total. The van der Waals surface area contributed by atoms with Crippen LogP contribution in [0.3, 0.4) is 0 Å². The SMILES string of the molecule is Cc1nnc(-c2ccc(C3CNC(=O)C3)cc2)c2ccccc12. The van der Waals surface area contributed by atoms with E-state index < -0.39 is 0 Å². The number of hydrogen-bond donors (Lipinski definition) is 1. The van der Waals surface area contributed by atoms with Crippen molar-refractivity contribution in [2.24, 2.45) is 0 Å². The topological polar surface area (TPSA) is 54.9 Å². The van der Waals surface area contributed by atoms with Gasteiger partial charge in [-0.15, -0.1) is 5.10 Å². The van der Waals surface area contributed by atoms with E-state index in [1.807, 2.05) is 19.1 Å². The number of rotatable bonds is 2. The molecule has 4 nitrogen and oxygen atoms in total. The first-order valence-corrected chi connectivity index (χ1v) is 7.81. The summed E-state index contributed by atoms with van der Waals surface area (Å²) in [4.78, 5) is 11.4. The molecule has 2 aromatic carbocycles. The monoisotopic (exact) mass is 303 g/mol. The van der Waals surface area contributed by atoms with Gasteiger partial charge in [-0.1, -0.05) is 48.5 Å². The summed E-state index contributed by atoms with van der Waals surface area (Å²) in [5.74, 6) is 0.409. The van der Waals surface area contributed by atoms with Crippen LogP contribution in [-0.2, 0) is 4.79 Å². The van der Waals surface area contributed by atoms with Gasteiger partial charge in [-0.25, -0.2) is 0 Å². The molecule has 1 unspecified atom stereocenters. The van der Waals surface area contributed by atoms with E-state index in [9.17, 15) is 4.79 Å². The first-order valence-electron chi connectivity index (χ1n) is 7.81. The maximum atomic E-state index is 11.4. The Bertz CT molecular complexity index is 887. The van der Waals surface area contributed by atoms with Gasteiger partial charge in [0.1, 0.15) is 5.69 Å². The second-order valence-electron chi connectivity index (χ2n) is 6.01. The van der Waals surface area contributed by atoms with E-state index in [2.05, 4.69) is 51.9 Å². The molecule has 1 saturated heterocycles. The molecule has 1 atom stereocenters. The van der Waals surface area contributed by atoms with Gasteiger partial charge in [0.05, 0.1) is 5.69 Å². The number of nitrogens with zero attached hydrogens (tertiary/aromatic N) is 2. The minimum Gasteiger partial charge on any atom is -0.355 e. The molecular weight excluding hydrogens is 286 g/mol. The van der Waals surface area contributed by atoms with Crippen molar-refractivity contribution in [2.75, 3.05) is 6.54 Å². The molecule has 2 heterocycles. The van der Waals surface area contributed by atoms with E-state index in [-0.39, 0.29) is 11.8 Å². The van der Waals surface area contributed by atoms with E-state index in [0.29, 0.717) is 6.42 Å². The van der Waals surface area contributed by atoms with Crippen LogP contribution in [0.15, 0.2) is 48.5 Å². The number of benzene rings is 2. The summed E-state index contributed by atoms with van der Waals surface area (Å²) in [6.07, 6.45) is 0.576. The Morgan fingerprint density at radius 2 is 1.74 bits per heavy atom. The molecule has 1 amide bonds. The highest BCUT2D eigenvalue weighted by atomic mass is 16.1. The first kappa shape index (κ1) is 13.9. The third-order valence-corrected chi connectivity index (χ3v) is 4.50. The average Bonchev–Trinajstić information content (AvgIpc) is 3.02. The summed E-state index contributed by atoms with van der Waals surface area (Å²) in [5, 5.41) is 13.8. The number of hydrogen-bond acceptors (Lipinski definition) is 3. The van der Waals surface area contributed by atoms with Gasteiger partial charge in [-0.2, -0.15) is 5.10 Å². The number of aryl methyl sites for hydroxylation is 1. The van der Waals surface area contributed by atoms with Crippen LogP contribution in [0.1, 0.15) is 23.6 Å². The molecule has 4 rings (SSSR count). The lowest BCUT2D eigenvalue weighted by molar-refractivity contribution is -0.119. The Morgan fingerprint density at radius 3 is 2.43 bits per heavy atom. The number of carbonyl (C=O) groups excluding carboxylic acids is 1. The molecule has 0 spiro atoms. The molecule has 1 aromatic heterocycles. The lowest BCUT2D eigenvalue weighted by Gasteiger charge is -2.10. The summed E-state index contributed by atoms with van der Waals surface area (Å²) in [6, 6.07) is 16.5. The van der Waals surface area contributed by atoms with E-state index in [1.165, 1.54) is 5.56 Å². The van der Waals surface area contributed by atoms with Gasteiger partial charge < -0.3 is 5.32 Å². The van der Waals surface area contributed by atoms with E-state index in [4.69, 9.17) is 0 Å². The van der Waals surface area contributed by atoms with Gasteiger partial charge in [0.15, 0.2) is 0 Å². The Labute approximate surface area is 134 Å². The average molecular weight is 303 g/mol. The van der Waals surface area contributed by atoms with Crippen molar-refractivity contribution in [3.05, 3.63) is 59.8 Å². The fourth-order valence-electron chi connectivity index (χ4n) is 3.21. The highest BCUT2D eigenvalue weighted by Crippen LogP contribution is 2.29. The third-order valence-electron chi connectivity index (χ3n) is 4.50. The van der Waals surface area contributed by atoms with Crippen LogP contribution < -0.4 is 5.32 Å². The minimum atomic E-state index is 0.134. The van der Waals surface area contributed by atoms with Crippen molar-refractivity contribution in [1.82, 2.24) is 15.5 Å². The summed E-state index contributed by atoms with van der Waals surface area (Å²) < 4.78 is 0. The largest absolute Gasteiger partial charge is 0.355 e. The molecule has 0 radical (unpaired) electrons. The Kier molecular flexibility index (Phi) is 3.30. The van der Waals surface area contributed by atoms with Crippen LogP contribution in [0, 0.1) is 6.92 Å². The van der Waals surface area contributed by atoms with Crippen molar-refractivity contribution >= 4 is 16.7 Å². The standard InChI is InChI=1S/C19H17N3O/c1-12-16-4-2-3-5-17(16)19(22-21-12)14-8-6-13(7-9-14)15-10-18(23)20-11-15/h2-9,15H,10-11H2,1H3,(H,20,23). The third kappa shape index (κ3) is 2.46. The van der Waals surface area contributed by atoms with Crippen LogP contribution in [0.5, 0.6) is 0 Å². The fourth-order valence-corrected chi connectivity index (χ4v) is 3.21. The Balaban J connectivity index is 1.74. The van der Waals surface area contributed by atoms with Crippen LogP contribution in [0.25, 0.3) is 22.0 Å². The highest BCUT2D eigenvalue weighted by molar-refractivity contribution is 5.95. The number of carbonyl (C=O) groups is 1. The smallest absolute Gasteiger partial charge is 0.220 e. The van der Waals surface area contributed by atoms with Gasteiger partial charge in [-0.3, -0.25) is 4.79 Å². The van der Waals surface area contributed by atoms with Crippen molar-refractivity contribution in [3.8, 4) is 11.3 Å². The maximum absolute atomic E-state index is 11.4. The van der Waals surface area contributed by atoms with E-state index >= 15 is 0 Å². The zero-order chi connectivity index (χ0) is 15.8. The second kappa shape index (κ2) is 5.47. The Morgan fingerprint density at radius 1 is 1.00 bits per heavy atom. The summed E-state index contributed by atoms with van der Waals surface area (Å²) in [6.45, 7) is 2.71. The number of amides is 1. The van der Waals surface area contributed by atoms with Crippen molar-refractivity contribution in [1.29, 1.82) is 0 Å². The van der Waals surface area contributed by atoms with Gasteiger partial charge >= 0.3 is 0 Å². The molecule has 0 aliphatic carbocycles. The zero-order valence-electron chi connectivity index (χ0n) is 12.9. The number of fused-ring (bicyclic) bond motifs is 1. The molecule has 3 aromatic rings. The molecule has 23 heavy (non-hydrogen) atoms. The normalized spacial score (nSPS) is 17.4. The van der Waals surface area contributed by atoms with Gasteiger partial charge in [0.25, 0.3) is 0 Å². The van der Waals surface area contributed by atoms with Crippen LogP contribution in [0.4, 0.5) is 0 Å². The van der Waals surface area contributed by atoms with Gasteiger partial charge in [-0.05, 0) is 12.5 Å². The quantitative estimate of drug-likeness (QED) is 0.791. The Hall–Kier alpha value is -2.75. The lowest BCUT2D eigenvalue weighted by Crippen LogP contribution is -2.13. The maximum Gasteiger partial charge on any atom is 0.220 e. The molecular formula is C19H17N3O. The predicted octanol–water partition coefficient (Wildman–Crippen LogP) is 3.21. The zero-order valence-corrected chi connectivity index (χ0v) is 12.9. The number of nitrogens with one attached hydrogen (secondary N) is 1.